The van der Waals surface area contributed by atoms with E-state index in [2.05, 4.69) is 20.0 Å². The van der Waals surface area contributed by atoms with Gasteiger partial charge in [0.1, 0.15) is 12.4 Å². The molecule has 2 aromatic carbocycles. The molecular formula is C17H12F4N4OS. The Labute approximate surface area is 154 Å². The molecule has 140 valence electrons. The van der Waals surface area contributed by atoms with Crippen molar-refractivity contribution < 1.29 is 22.3 Å². The summed E-state index contributed by atoms with van der Waals surface area (Å²) in [6.07, 6.45) is -4.75. The smallest absolute Gasteiger partial charge is 0.406 e. The van der Waals surface area contributed by atoms with Crippen LogP contribution in [-0.2, 0) is 6.54 Å². The summed E-state index contributed by atoms with van der Waals surface area (Å²) in [4.78, 5) is 8.78. The molecule has 0 saturated heterocycles. The van der Waals surface area contributed by atoms with E-state index >= 15 is 0 Å². The number of nitrogens with one attached hydrogen (secondary N) is 1. The van der Waals surface area contributed by atoms with Crippen molar-refractivity contribution in [2.45, 2.75) is 12.9 Å². The van der Waals surface area contributed by atoms with Crippen LogP contribution in [0.1, 0.15) is 0 Å². The second-order valence-corrected chi connectivity index (χ2v) is 6.62. The molecule has 2 heterocycles. The first-order valence-corrected chi connectivity index (χ1v) is 8.69. The van der Waals surface area contributed by atoms with Gasteiger partial charge in [0, 0.05) is 6.07 Å². The van der Waals surface area contributed by atoms with Crippen molar-refractivity contribution in [1.82, 2.24) is 14.5 Å². The standard InChI is InChI=1S/C17H12F4N4OS/c18-7-8-25-13-4-2-1-3-11(13)22-15(25)24-16-23-12-6-5-10(9-14(12)27-16)26-17(19,20)21/h1-6,9H,7-8H2,(H,22,23,24). The number of rotatable bonds is 5. The van der Waals surface area contributed by atoms with Gasteiger partial charge in [0.2, 0.25) is 5.95 Å². The van der Waals surface area contributed by atoms with E-state index in [1.807, 2.05) is 24.3 Å². The highest BCUT2D eigenvalue weighted by Crippen LogP contribution is 2.33. The summed E-state index contributed by atoms with van der Waals surface area (Å²) >= 11 is 1.15. The molecule has 0 bridgehead atoms. The molecule has 4 rings (SSSR count). The van der Waals surface area contributed by atoms with Crippen molar-refractivity contribution in [2.75, 3.05) is 12.0 Å². The summed E-state index contributed by atoms with van der Waals surface area (Å²) in [5, 5.41) is 3.47. The number of anilines is 2. The minimum absolute atomic E-state index is 0.122. The van der Waals surface area contributed by atoms with Crippen LogP contribution in [0.2, 0.25) is 0 Å². The number of ether oxygens (including phenoxy) is 1. The zero-order valence-corrected chi connectivity index (χ0v) is 14.4. The van der Waals surface area contributed by atoms with Crippen LogP contribution in [0.5, 0.6) is 5.75 Å². The highest BCUT2D eigenvalue weighted by molar-refractivity contribution is 7.22. The van der Waals surface area contributed by atoms with Crippen molar-refractivity contribution >= 4 is 43.7 Å². The summed E-state index contributed by atoms with van der Waals surface area (Å²) < 4.78 is 56.2. The number of alkyl halides is 4. The van der Waals surface area contributed by atoms with Crippen LogP contribution in [-0.4, -0.2) is 27.6 Å². The van der Waals surface area contributed by atoms with E-state index in [0.29, 0.717) is 26.8 Å². The summed E-state index contributed by atoms with van der Waals surface area (Å²) in [7, 11) is 0. The quantitative estimate of drug-likeness (QED) is 0.468. The Hall–Kier alpha value is -2.88. The van der Waals surface area contributed by atoms with E-state index < -0.39 is 13.0 Å². The number of hydrogen-bond acceptors (Lipinski definition) is 5. The SMILES string of the molecule is FCCn1c(Nc2nc3ccc(OC(F)(F)F)cc3s2)nc2ccccc21. The lowest BCUT2D eigenvalue weighted by molar-refractivity contribution is -0.274. The van der Waals surface area contributed by atoms with Crippen LogP contribution in [0.15, 0.2) is 42.5 Å². The number of thiazole rings is 1. The highest BCUT2D eigenvalue weighted by atomic mass is 32.1. The van der Waals surface area contributed by atoms with Gasteiger partial charge in [0.05, 0.1) is 27.8 Å². The predicted molar refractivity (Wildman–Crippen MR) is 95.3 cm³/mol. The number of nitrogens with zero attached hydrogens (tertiary/aromatic N) is 3. The zero-order chi connectivity index (χ0) is 19.0. The van der Waals surface area contributed by atoms with Gasteiger partial charge in [-0.15, -0.1) is 13.2 Å². The van der Waals surface area contributed by atoms with Crippen LogP contribution in [0, 0.1) is 0 Å². The molecule has 0 unspecified atom stereocenters. The maximum Gasteiger partial charge on any atom is 0.573 e. The highest BCUT2D eigenvalue weighted by Gasteiger charge is 2.31. The van der Waals surface area contributed by atoms with Gasteiger partial charge in [-0.05, 0) is 24.3 Å². The Kier molecular flexibility index (Phi) is 4.34. The lowest BCUT2D eigenvalue weighted by Gasteiger charge is -2.07. The number of hydrogen-bond donors (Lipinski definition) is 1. The third kappa shape index (κ3) is 3.65. The number of aryl methyl sites for hydroxylation is 1. The molecule has 4 aromatic rings. The molecule has 0 amide bonds. The lowest BCUT2D eigenvalue weighted by atomic mass is 10.3. The van der Waals surface area contributed by atoms with Crippen LogP contribution in [0.4, 0.5) is 28.6 Å². The van der Waals surface area contributed by atoms with Crippen molar-refractivity contribution in [3.63, 3.8) is 0 Å². The van der Waals surface area contributed by atoms with Crippen molar-refractivity contribution in [1.29, 1.82) is 0 Å². The van der Waals surface area contributed by atoms with Gasteiger partial charge in [-0.25, -0.2) is 14.4 Å². The summed E-state index contributed by atoms with van der Waals surface area (Å²) in [5.74, 6) is 0.106. The number of imidazole rings is 1. The van der Waals surface area contributed by atoms with E-state index in [4.69, 9.17) is 0 Å². The summed E-state index contributed by atoms with van der Waals surface area (Å²) in [5.41, 5.74) is 2.00. The topological polar surface area (TPSA) is 52.0 Å². The molecule has 0 radical (unpaired) electrons. The molecule has 0 aliphatic heterocycles. The molecule has 27 heavy (non-hydrogen) atoms. The fourth-order valence-electron chi connectivity index (χ4n) is 2.73. The fourth-order valence-corrected chi connectivity index (χ4v) is 3.62. The first-order chi connectivity index (χ1) is 12.9. The first-order valence-electron chi connectivity index (χ1n) is 7.87. The van der Waals surface area contributed by atoms with Crippen molar-refractivity contribution in [2.24, 2.45) is 0 Å². The average molecular weight is 396 g/mol. The molecular weight excluding hydrogens is 384 g/mol. The Bertz CT molecular complexity index is 1110. The fraction of sp³-hybridized carbons (Fsp3) is 0.176. The van der Waals surface area contributed by atoms with Crippen molar-refractivity contribution in [3.8, 4) is 5.75 Å². The number of halogens is 4. The predicted octanol–water partition coefficient (Wildman–Crippen LogP) is 5.26. The first kappa shape index (κ1) is 17.5. The summed E-state index contributed by atoms with van der Waals surface area (Å²) in [6, 6.07) is 11.2. The Morgan fingerprint density at radius 3 is 2.67 bits per heavy atom. The largest absolute Gasteiger partial charge is 0.573 e. The zero-order valence-electron chi connectivity index (χ0n) is 13.6. The average Bonchev–Trinajstić information content (AvgIpc) is 3.15. The number of aromatic nitrogens is 3. The molecule has 0 atom stereocenters. The Balaban J connectivity index is 1.67. The maximum absolute atomic E-state index is 13.0. The minimum Gasteiger partial charge on any atom is -0.406 e. The monoisotopic (exact) mass is 396 g/mol. The van der Waals surface area contributed by atoms with Gasteiger partial charge in [0.25, 0.3) is 0 Å². The second-order valence-electron chi connectivity index (χ2n) is 5.59. The van der Waals surface area contributed by atoms with E-state index in [-0.39, 0.29) is 12.3 Å². The van der Waals surface area contributed by atoms with E-state index in [0.717, 1.165) is 16.9 Å². The normalized spacial score (nSPS) is 12.0. The number of fused-ring (bicyclic) bond motifs is 2. The van der Waals surface area contributed by atoms with Crippen LogP contribution >= 0.6 is 11.3 Å². The van der Waals surface area contributed by atoms with E-state index in [9.17, 15) is 17.6 Å². The minimum atomic E-state index is -4.75. The van der Waals surface area contributed by atoms with Gasteiger partial charge < -0.3 is 14.6 Å². The van der Waals surface area contributed by atoms with Gasteiger partial charge in [-0.1, -0.05) is 23.5 Å². The van der Waals surface area contributed by atoms with Crippen molar-refractivity contribution in [3.05, 3.63) is 42.5 Å². The van der Waals surface area contributed by atoms with Gasteiger partial charge in [-0.2, -0.15) is 0 Å². The van der Waals surface area contributed by atoms with Crippen LogP contribution in [0.3, 0.4) is 0 Å². The summed E-state index contributed by atoms with van der Waals surface area (Å²) in [6.45, 7) is -0.440. The molecule has 0 aliphatic rings. The maximum atomic E-state index is 13.0. The van der Waals surface area contributed by atoms with E-state index in [1.165, 1.54) is 18.2 Å². The van der Waals surface area contributed by atoms with Gasteiger partial charge >= 0.3 is 6.36 Å². The molecule has 10 heteroatoms. The number of benzene rings is 2. The van der Waals surface area contributed by atoms with E-state index in [1.54, 1.807) is 4.57 Å². The third-order valence-electron chi connectivity index (χ3n) is 3.77. The van der Waals surface area contributed by atoms with Crippen LogP contribution < -0.4 is 10.1 Å². The Morgan fingerprint density at radius 1 is 1.07 bits per heavy atom. The number of para-hydroxylation sites is 2. The molecule has 0 fully saturated rings. The lowest BCUT2D eigenvalue weighted by Crippen LogP contribution is -2.16. The third-order valence-corrected chi connectivity index (χ3v) is 4.71. The molecule has 5 nitrogen and oxygen atoms in total. The van der Waals surface area contributed by atoms with Crippen LogP contribution in [0.25, 0.3) is 21.3 Å². The molecule has 0 saturated carbocycles. The molecule has 0 aliphatic carbocycles. The molecule has 0 spiro atoms. The molecule has 2 aromatic heterocycles. The Morgan fingerprint density at radius 2 is 1.89 bits per heavy atom. The molecule has 1 N–H and O–H groups in total. The van der Waals surface area contributed by atoms with Gasteiger partial charge in [0.15, 0.2) is 5.13 Å². The second kappa shape index (κ2) is 6.69. The van der Waals surface area contributed by atoms with Gasteiger partial charge in [-0.3, -0.25) is 0 Å².